The summed E-state index contributed by atoms with van der Waals surface area (Å²) in [6.07, 6.45) is 3.02. The molecule has 2 atom stereocenters. The summed E-state index contributed by atoms with van der Waals surface area (Å²) in [6.45, 7) is 2.67. The number of hydrogen-bond acceptors (Lipinski definition) is 5. The van der Waals surface area contributed by atoms with Gasteiger partial charge in [-0.15, -0.1) is 11.3 Å². The Morgan fingerprint density at radius 3 is 2.69 bits per heavy atom. The van der Waals surface area contributed by atoms with E-state index in [1.54, 1.807) is 11.3 Å². The van der Waals surface area contributed by atoms with E-state index in [2.05, 4.69) is 45.9 Å². The number of thiophene rings is 1. The third-order valence-electron chi connectivity index (χ3n) is 6.13. The molecule has 5 nitrogen and oxygen atoms in total. The van der Waals surface area contributed by atoms with Crippen molar-refractivity contribution < 1.29 is 14.3 Å². The second kappa shape index (κ2) is 9.76. The number of fused-ring (bicyclic) bond motifs is 1. The summed E-state index contributed by atoms with van der Waals surface area (Å²) in [4.78, 5) is 16.6. The fourth-order valence-corrected chi connectivity index (χ4v) is 5.39. The van der Waals surface area contributed by atoms with Gasteiger partial charge < -0.3 is 14.8 Å². The molecular weight excluding hydrogens is 420 g/mol. The predicted octanol–water partition coefficient (Wildman–Crippen LogP) is 4.95. The summed E-state index contributed by atoms with van der Waals surface area (Å²) in [7, 11) is 0. The van der Waals surface area contributed by atoms with Crippen LogP contribution in [0.4, 0.5) is 0 Å². The van der Waals surface area contributed by atoms with Crippen LogP contribution in [0.5, 0.6) is 11.5 Å². The minimum atomic E-state index is -0.122. The highest BCUT2D eigenvalue weighted by Gasteiger charge is 2.29. The van der Waals surface area contributed by atoms with Crippen molar-refractivity contribution in [1.29, 1.82) is 0 Å². The third kappa shape index (κ3) is 4.66. The number of likely N-dealkylation sites (tertiary alicyclic amines) is 1. The molecule has 0 bridgehead atoms. The SMILES string of the molecule is O=C(CN1CCC[C@@H]1c1ccc2c(c1)OCCCO2)N[C@H](c1ccccc1)c1cccs1. The summed E-state index contributed by atoms with van der Waals surface area (Å²) in [5.74, 6) is 1.68. The highest BCUT2D eigenvalue weighted by atomic mass is 32.1. The van der Waals surface area contributed by atoms with Gasteiger partial charge in [0.25, 0.3) is 0 Å². The quantitative estimate of drug-likeness (QED) is 0.580. The number of hydrogen-bond donors (Lipinski definition) is 1. The van der Waals surface area contributed by atoms with Crippen molar-refractivity contribution in [1.82, 2.24) is 10.2 Å². The van der Waals surface area contributed by atoms with Gasteiger partial charge in [0, 0.05) is 17.3 Å². The van der Waals surface area contributed by atoms with Gasteiger partial charge in [-0.3, -0.25) is 9.69 Å². The lowest BCUT2D eigenvalue weighted by Crippen LogP contribution is -2.38. The Balaban J connectivity index is 1.30. The van der Waals surface area contributed by atoms with Crippen molar-refractivity contribution >= 4 is 17.2 Å². The molecule has 0 unspecified atom stereocenters. The number of benzene rings is 2. The van der Waals surface area contributed by atoms with Crippen molar-refractivity contribution in [3.8, 4) is 11.5 Å². The maximum atomic E-state index is 13.1. The zero-order valence-corrected chi connectivity index (χ0v) is 18.9. The monoisotopic (exact) mass is 448 g/mol. The number of ether oxygens (including phenoxy) is 2. The Bertz CT molecular complexity index is 1040. The maximum Gasteiger partial charge on any atom is 0.234 e. The standard InChI is InChI=1S/C26H28N2O3S/c29-25(27-26(24-10-5-16-32-24)19-7-2-1-3-8-19)18-28-13-4-9-21(28)20-11-12-22-23(17-20)31-15-6-14-30-22/h1-3,5,7-8,10-12,16-17,21,26H,4,6,9,13-15,18H2,(H,27,29)/t21-,26-/m1/s1. The zero-order chi connectivity index (χ0) is 21.8. The van der Waals surface area contributed by atoms with Crippen LogP contribution >= 0.6 is 11.3 Å². The van der Waals surface area contributed by atoms with Crippen molar-refractivity contribution in [3.63, 3.8) is 0 Å². The van der Waals surface area contributed by atoms with Crippen LogP contribution in [0.2, 0.25) is 0 Å². The van der Waals surface area contributed by atoms with Gasteiger partial charge in [0.05, 0.1) is 25.8 Å². The normalized spacial score (nSPS) is 19.3. The first-order chi connectivity index (χ1) is 15.8. The molecule has 2 aliphatic heterocycles. The molecule has 1 fully saturated rings. The Morgan fingerprint density at radius 1 is 1.03 bits per heavy atom. The van der Waals surface area contributed by atoms with Gasteiger partial charge in [-0.25, -0.2) is 0 Å². The largest absolute Gasteiger partial charge is 0.490 e. The second-order valence-electron chi connectivity index (χ2n) is 8.31. The highest BCUT2D eigenvalue weighted by Crippen LogP contribution is 2.37. The number of nitrogens with zero attached hydrogens (tertiary/aromatic N) is 1. The Labute approximate surface area is 193 Å². The molecule has 2 aliphatic rings. The van der Waals surface area contributed by atoms with E-state index >= 15 is 0 Å². The molecule has 5 rings (SSSR count). The van der Waals surface area contributed by atoms with Crippen LogP contribution in [0.1, 0.15) is 47.4 Å². The van der Waals surface area contributed by atoms with E-state index in [1.165, 1.54) is 5.56 Å². The molecule has 1 saturated heterocycles. The maximum absolute atomic E-state index is 13.1. The first-order valence-electron chi connectivity index (χ1n) is 11.3. The summed E-state index contributed by atoms with van der Waals surface area (Å²) in [5.41, 5.74) is 2.29. The summed E-state index contributed by atoms with van der Waals surface area (Å²) in [5, 5.41) is 5.33. The molecule has 0 radical (unpaired) electrons. The Kier molecular flexibility index (Phi) is 6.41. The minimum Gasteiger partial charge on any atom is -0.490 e. The molecular formula is C26H28N2O3S. The lowest BCUT2D eigenvalue weighted by Gasteiger charge is -2.26. The zero-order valence-electron chi connectivity index (χ0n) is 18.0. The van der Waals surface area contributed by atoms with E-state index in [-0.39, 0.29) is 18.0 Å². The van der Waals surface area contributed by atoms with Gasteiger partial charge >= 0.3 is 0 Å². The first-order valence-corrected chi connectivity index (χ1v) is 12.2. The number of nitrogens with one attached hydrogen (secondary N) is 1. The van der Waals surface area contributed by atoms with Crippen LogP contribution < -0.4 is 14.8 Å². The van der Waals surface area contributed by atoms with Crippen LogP contribution in [0.3, 0.4) is 0 Å². The average Bonchev–Trinajstić information content (AvgIpc) is 3.46. The minimum absolute atomic E-state index is 0.0495. The van der Waals surface area contributed by atoms with E-state index in [0.717, 1.165) is 47.7 Å². The molecule has 1 aromatic heterocycles. The van der Waals surface area contributed by atoms with Gasteiger partial charge in [0.2, 0.25) is 5.91 Å². The van der Waals surface area contributed by atoms with Crippen molar-refractivity contribution in [2.75, 3.05) is 26.3 Å². The van der Waals surface area contributed by atoms with E-state index in [4.69, 9.17) is 9.47 Å². The number of carbonyl (C=O) groups is 1. The number of amides is 1. The van der Waals surface area contributed by atoms with Gasteiger partial charge in [0.15, 0.2) is 11.5 Å². The molecule has 32 heavy (non-hydrogen) atoms. The average molecular weight is 449 g/mol. The fourth-order valence-electron chi connectivity index (χ4n) is 4.59. The Morgan fingerprint density at radius 2 is 1.88 bits per heavy atom. The molecule has 3 aromatic rings. The molecule has 0 spiro atoms. The first kappa shape index (κ1) is 21.0. The lowest BCUT2D eigenvalue weighted by molar-refractivity contribution is -0.123. The van der Waals surface area contributed by atoms with E-state index in [9.17, 15) is 4.79 Å². The van der Waals surface area contributed by atoms with E-state index in [0.29, 0.717) is 19.8 Å². The molecule has 6 heteroatoms. The smallest absolute Gasteiger partial charge is 0.234 e. The van der Waals surface area contributed by atoms with Crippen molar-refractivity contribution in [2.24, 2.45) is 0 Å². The third-order valence-corrected chi connectivity index (χ3v) is 7.07. The number of rotatable bonds is 6. The van der Waals surface area contributed by atoms with Gasteiger partial charge in [0.1, 0.15) is 0 Å². The van der Waals surface area contributed by atoms with Crippen LogP contribution in [-0.2, 0) is 4.79 Å². The van der Waals surface area contributed by atoms with Crippen LogP contribution in [0, 0.1) is 0 Å². The van der Waals surface area contributed by atoms with Gasteiger partial charge in [-0.05, 0) is 54.1 Å². The summed E-state index contributed by atoms with van der Waals surface area (Å²) < 4.78 is 11.7. The summed E-state index contributed by atoms with van der Waals surface area (Å²) in [6, 6.07) is 20.6. The van der Waals surface area contributed by atoms with Crippen LogP contribution in [-0.4, -0.2) is 37.1 Å². The fraction of sp³-hybridized carbons (Fsp3) is 0.346. The topological polar surface area (TPSA) is 50.8 Å². The van der Waals surface area contributed by atoms with E-state index in [1.807, 2.05) is 30.3 Å². The molecule has 2 aromatic carbocycles. The molecule has 1 amide bonds. The second-order valence-corrected chi connectivity index (χ2v) is 9.29. The lowest BCUT2D eigenvalue weighted by atomic mass is 10.0. The van der Waals surface area contributed by atoms with Gasteiger partial charge in [-0.1, -0.05) is 42.5 Å². The van der Waals surface area contributed by atoms with Gasteiger partial charge in [-0.2, -0.15) is 0 Å². The predicted molar refractivity (Wildman–Crippen MR) is 126 cm³/mol. The molecule has 1 N–H and O–H groups in total. The Hall–Kier alpha value is -2.83. The van der Waals surface area contributed by atoms with Crippen molar-refractivity contribution in [2.45, 2.75) is 31.3 Å². The summed E-state index contributed by atoms with van der Waals surface area (Å²) >= 11 is 1.67. The molecule has 0 aliphatic carbocycles. The van der Waals surface area contributed by atoms with Crippen LogP contribution in [0.15, 0.2) is 66.0 Å². The number of carbonyl (C=O) groups excluding carboxylic acids is 1. The molecule has 0 saturated carbocycles. The molecule has 3 heterocycles. The highest BCUT2D eigenvalue weighted by molar-refractivity contribution is 7.10. The van der Waals surface area contributed by atoms with Crippen LogP contribution in [0.25, 0.3) is 0 Å². The van der Waals surface area contributed by atoms with E-state index < -0.39 is 0 Å². The van der Waals surface area contributed by atoms with Crippen molar-refractivity contribution in [3.05, 3.63) is 82.0 Å². The molecule has 166 valence electrons.